The molecular formula is C16H24N2O2. The summed E-state index contributed by atoms with van der Waals surface area (Å²) < 4.78 is 5.74. The van der Waals surface area contributed by atoms with Crippen LogP contribution in [0.5, 0.6) is 5.75 Å². The lowest BCUT2D eigenvalue weighted by Crippen LogP contribution is -2.38. The highest BCUT2D eigenvalue weighted by atomic mass is 16.5. The zero-order valence-electron chi connectivity index (χ0n) is 12.6. The highest BCUT2D eigenvalue weighted by Gasteiger charge is 2.22. The fourth-order valence-electron chi connectivity index (χ4n) is 2.46. The zero-order valence-corrected chi connectivity index (χ0v) is 12.6. The van der Waals surface area contributed by atoms with Crippen molar-refractivity contribution in [1.29, 1.82) is 0 Å². The predicted octanol–water partition coefficient (Wildman–Crippen LogP) is 1.89. The van der Waals surface area contributed by atoms with Gasteiger partial charge in [0.15, 0.2) is 0 Å². The molecule has 1 aromatic carbocycles. The molecule has 20 heavy (non-hydrogen) atoms. The van der Waals surface area contributed by atoms with Gasteiger partial charge in [-0.2, -0.15) is 0 Å². The van der Waals surface area contributed by atoms with Crippen molar-refractivity contribution in [3.63, 3.8) is 0 Å². The number of hydrogen-bond donors (Lipinski definition) is 1. The van der Waals surface area contributed by atoms with Crippen LogP contribution in [0.1, 0.15) is 24.0 Å². The largest absolute Gasteiger partial charge is 0.493 e. The average Bonchev–Trinajstić information content (AvgIpc) is 2.95. The van der Waals surface area contributed by atoms with E-state index in [-0.39, 0.29) is 5.91 Å². The van der Waals surface area contributed by atoms with Crippen molar-refractivity contribution in [2.45, 2.75) is 32.7 Å². The van der Waals surface area contributed by atoms with Gasteiger partial charge in [-0.25, -0.2) is 0 Å². The number of nitrogens with zero attached hydrogens (tertiary/aromatic N) is 1. The van der Waals surface area contributed by atoms with Crippen LogP contribution in [0.3, 0.4) is 0 Å². The molecule has 1 atom stereocenters. The van der Waals surface area contributed by atoms with Crippen molar-refractivity contribution in [3.8, 4) is 5.75 Å². The van der Waals surface area contributed by atoms with E-state index in [0.29, 0.717) is 19.1 Å². The first-order valence-corrected chi connectivity index (χ1v) is 7.24. The van der Waals surface area contributed by atoms with Gasteiger partial charge < -0.3 is 15.0 Å². The molecular weight excluding hydrogens is 252 g/mol. The number of ether oxygens (including phenoxy) is 1. The van der Waals surface area contributed by atoms with Gasteiger partial charge in [0.05, 0.1) is 13.0 Å². The molecule has 0 aromatic heterocycles. The van der Waals surface area contributed by atoms with E-state index in [4.69, 9.17) is 4.74 Å². The number of hydrogen-bond acceptors (Lipinski definition) is 3. The standard InChI is InChI=1S/C16H24N2O2/c1-12-4-5-13(2)15(10-12)20-9-7-16(19)18(3)14-6-8-17-11-14/h4-5,10,14,17H,6-9,11H2,1-3H3. The summed E-state index contributed by atoms with van der Waals surface area (Å²) in [5.74, 6) is 1.03. The topological polar surface area (TPSA) is 41.6 Å². The zero-order chi connectivity index (χ0) is 14.5. The number of likely N-dealkylation sites (N-methyl/N-ethyl adjacent to an activating group) is 1. The average molecular weight is 276 g/mol. The Balaban J connectivity index is 1.80. The summed E-state index contributed by atoms with van der Waals surface area (Å²) >= 11 is 0. The summed E-state index contributed by atoms with van der Waals surface area (Å²) in [5.41, 5.74) is 2.28. The Morgan fingerprint density at radius 1 is 1.45 bits per heavy atom. The Morgan fingerprint density at radius 2 is 2.25 bits per heavy atom. The maximum atomic E-state index is 12.1. The Bertz CT molecular complexity index is 468. The lowest BCUT2D eigenvalue weighted by atomic mass is 10.1. The monoisotopic (exact) mass is 276 g/mol. The van der Waals surface area contributed by atoms with E-state index in [1.165, 1.54) is 5.56 Å². The molecule has 1 amide bonds. The fraction of sp³-hybridized carbons (Fsp3) is 0.562. The van der Waals surface area contributed by atoms with E-state index < -0.39 is 0 Å². The molecule has 1 aromatic rings. The summed E-state index contributed by atoms with van der Waals surface area (Å²) in [4.78, 5) is 13.9. The minimum atomic E-state index is 0.156. The van der Waals surface area contributed by atoms with E-state index in [0.717, 1.165) is 30.8 Å². The Labute approximate surface area is 121 Å². The predicted molar refractivity (Wildman–Crippen MR) is 80.1 cm³/mol. The SMILES string of the molecule is Cc1ccc(C)c(OCCC(=O)N(C)C2CCNC2)c1. The number of carbonyl (C=O) groups is 1. The lowest BCUT2D eigenvalue weighted by molar-refractivity contribution is -0.132. The molecule has 1 saturated heterocycles. The maximum Gasteiger partial charge on any atom is 0.226 e. The van der Waals surface area contributed by atoms with Gasteiger partial charge in [-0.3, -0.25) is 4.79 Å². The van der Waals surface area contributed by atoms with Crippen LogP contribution in [0.4, 0.5) is 0 Å². The van der Waals surface area contributed by atoms with Gasteiger partial charge in [0.1, 0.15) is 5.75 Å². The maximum absolute atomic E-state index is 12.1. The second kappa shape index (κ2) is 6.75. The number of benzene rings is 1. The molecule has 0 aliphatic carbocycles. The summed E-state index contributed by atoms with van der Waals surface area (Å²) in [6.45, 7) is 6.40. The van der Waals surface area contributed by atoms with Crippen molar-refractivity contribution in [3.05, 3.63) is 29.3 Å². The third-order valence-corrected chi connectivity index (χ3v) is 3.89. The Hall–Kier alpha value is -1.55. The van der Waals surface area contributed by atoms with Crippen LogP contribution in [0.15, 0.2) is 18.2 Å². The molecule has 1 heterocycles. The van der Waals surface area contributed by atoms with Crippen LogP contribution in [0.2, 0.25) is 0 Å². The van der Waals surface area contributed by atoms with Gasteiger partial charge in [-0.1, -0.05) is 12.1 Å². The van der Waals surface area contributed by atoms with Crippen molar-refractivity contribution in [1.82, 2.24) is 10.2 Å². The van der Waals surface area contributed by atoms with Crippen LogP contribution in [-0.4, -0.2) is 43.6 Å². The summed E-state index contributed by atoms with van der Waals surface area (Å²) in [6, 6.07) is 6.46. The van der Waals surface area contributed by atoms with E-state index >= 15 is 0 Å². The highest BCUT2D eigenvalue weighted by molar-refractivity contribution is 5.76. The second-order valence-corrected chi connectivity index (χ2v) is 5.52. The van der Waals surface area contributed by atoms with Gasteiger partial charge in [0.2, 0.25) is 5.91 Å². The first-order chi connectivity index (χ1) is 9.58. The van der Waals surface area contributed by atoms with Gasteiger partial charge in [0, 0.05) is 19.6 Å². The van der Waals surface area contributed by atoms with E-state index in [2.05, 4.69) is 11.4 Å². The van der Waals surface area contributed by atoms with Crippen LogP contribution in [0.25, 0.3) is 0 Å². The molecule has 110 valence electrons. The fourth-order valence-corrected chi connectivity index (χ4v) is 2.46. The molecule has 1 N–H and O–H groups in total. The summed E-state index contributed by atoms with van der Waals surface area (Å²) in [6.07, 6.45) is 1.47. The third kappa shape index (κ3) is 3.73. The molecule has 0 saturated carbocycles. The Kier molecular flexibility index (Phi) is 5.01. The van der Waals surface area contributed by atoms with Gasteiger partial charge in [0.25, 0.3) is 0 Å². The van der Waals surface area contributed by atoms with Crippen LogP contribution in [-0.2, 0) is 4.79 Å². The third-order valence-electron chi connectivity index (χ3n) is 3.89. The molecule has 0 radical (unpaired) electrons. The van der Waals surface area contributed by atoms with Gasteiger partial charge >= 0.3 is 0 Å². The van der Waals surface area contributed by atoms with Crippen molar-refractivity contribution in [2.75, 3.05) is 26.7 Å². The number of nitrogens with one attached hydrogen (secondary N) is 1. The minimum Gasteiger partial charge on any atom is -0.493 e. The number of amides is 1. The first-order valence-electron chi connectivity index (χ1n) is 7.24. The number of rotatable bonds is 5. The Morgan fingerprint density at radius 3 is 2.95 bits per heavy atom. The van der Waals surface area contributed by atoms with Crippen molar-refractivity contribution in [2.24, 2.45) is 0 Å². The van der Waals surface area contributed by atoms with E-state index in [9.17, 15) is 4.79 Å². The first kappa shape index (κ1) is 14.9. The van der Waals surface area contributed by atoms with Crippen LogP contribution < -0.4 is 10.1 Å². The molecule has 1 aliphatic heterocycles. The molecule has 0 spiro atoms. The molecule has 1 aliphatic rings. The smallest absolute Gasteiger partial charge is 0.226 e. The number of aryl methyl sites for hydroxylation is 2. The molecule has 4 nitrogen and oxygen atoms in total. The molecule has 4 heteroatoms. The molecule has 2 rings (SSSR count). The summed E-state index contributed by atoms with van der Waals surface area (Å²) in [7, 11) is 1.89. The summed E-state index contributed by atoms with van der Waals surface area (Å²) in [5, 5.41) is 3.28. The highest BCUT2D eigenvalue weighted by Crippen LogP contribution is 2.19. The van der Waals surface area contributed by atoms with E-state index in [1.54, 1.807) is 0 Å². The lowest BCUT2D eigenvalue weighted by Gasteiger charge is -2.23. The normalized spacial score (nSPS) is 18.1. The van der Waals surface area contributed by atoms with Gasteiger partial charge in [-0.15, -0.1) is 0 Å². The van der Waals surface area contributed by atoms with Crippen molar-refractivity contribution >= 4 is 5.91 Å². The van der Waals surface area contributed by atoms with Crippen LogP contribution >= 0.6 is 0 Å². The van der Waals surface area contributed by atoms with Crippen LogP contribution in [0, 0.1) is 13.8 Å². The molecule has 0 bridgehead atoms. The second-order valence-electron chi connectivity index (χ2n) is 5.52. The van der Waals surface area contributed by atoms with Crippen molar-refractivity contribution < 1.29 is 9.53 Å². The minimum absolute atomic E-state index is 0.156. The molecule has 1 fully saturated rings. The molecule has 1 unspecified atom stereocenters. The number of carbonyl (C=O) groups excluding carboxylic acids is 1. The quantitative estimate of drug-likeness (QED) is 0.893. The van der Waals surface area contributed by atoms with Gasteiger partial charge in [-0.05, 0) is 44.0 Å². The van der Waals surface area contributed by atoms with E-state index in [1.807, 2.05) is 37.9 Å².